The molecule has 1 saturated heterocycles. The Bertz CT molecular complexity index is 582. The normalized spacial score (nSPS) is 23.8. The Morgan fingerprint density at radius 3 is 2.88 bits per heavy atom. The van der Waals surface area contributed by atoms with E-state index in [0.29, 0.717) is 5.92 Å². The van der Waals surface area contributed by atoms with E-state index in [1.165, 1.54) is 44.3 Å². The van der Waals surface area contributed by atoms with Crippen LogP contribution >= 0.6 is 11.6 Å². The number of halogens is 1. The first kappa shape index (κ1) is 17.6. The second-order valence-electron chi connectivity index (χ2n) is 7.37. The molecule has 4 nitrogen and oxygen atoms in total. The van der Waals surface area contributed by atoms with E-state index in [2.05, 4.69) is 39.7 Å². The number of nitrogens with one attached hydrogen (secondary N) is 2. The smallest absolute Gasteiger partial charge is 0.191 e. The van der Waals surface area contributed by atoms with Crippen molar-refractivity contribution < 1.29 is 0 Å². The average Bonchev–Trinajstić information content (AvgIpc) is 3.36. The number of guanidine groups is 1. The number of benzene rings is 1. The SMILES string of the molecule is CN=C(NCC1CCCN(C)C1)NCC1(c2cccc(Cl)c2)CC1. The molecule has 1 unspecified atom stereocenters. The summed E-state index contributed by atoms with van der Waals surface area (Å²) in [5.41, 5.74) is 1.57. The lowest BCUT2D eigenvalue weighted by molar-refractivity contribution is 0.210. The maximum Gasteiger partial charge on any atom is 0.191 e. The monoisotopic (exact) mass is 348 g/mol. The summed E-state index contributed by atoms with van der Waals surface area (Å²) in [5, 5.41) is 7.85. The van der Waals surface area contributed by atoms with Crippen LogP contribution in [0.2, 0.25) is 5.02 Å². The Kier molecular flexibility index (Phi) is 5.67. The highest BCUT2D eigenvalue weighted by Crippen LogP contribution is 2.48. The van der Waals surface area contributed by atoms with Crippen molar-refractivity contribution in [3.8, 4) is 0 Å². The van der Waals surface area contributed by atoms with Crippen LogP contribution < -0.4 is 10.6 Å². The molecular weight excluding hydrogens is 320 g/mol. The molecule has 1 saturated carbocycles. The number of hydrogen-bond acceptors (Lipinski definition) is 2. The van der Waals surface area contributed by atoms with Crippen molar-refractivity contribution in [2.45, 2.75) is 31.1 Å². The third-order valence-electron chi connectivity index (χ3n) is 5.39. The predicted molar refractivity (Wildman–Crippen MR) is 102 cm³/mol. The van der Waals surface area contributed by atoms with E-state index in [1.807, 2.05) is 19.2 Å². The van der Waals surface area contributed by atoms with Gasteiger partial charge in [0.05, 0.1) is 0 Å². The van der Waals surface area contributed by atoms with Gasteiger partial charge in [-0.25, -0.2) is 0 Å². The van der Waals surface area contributed by atoms with E-state index in [0.717, 1.165) is 24.1 Å². The fourth-order valence-electron chi connectivity index (χ4n) is 3.69. The first-order valence-corrected chi connectivity index (χ1v) is 9.38. The van der Waals surface area contributed by atoms with Gasteiger partial charge in [-0.05, 0) is 62.9 Å². The summed E-state index contributed by atoms with van der Waals surface area (Å²) in [6, 6.07) is 8.28. The van der Waals surface area contributed by atoms with E-state index >= 15 is 0 Å². The summed E-state index contributed by atoms with van der Waals surface area (Å²) in [6.45, 7) is 4.31. The van der Waals surface area contributed by atoms with Gasteiger partial charge < -0.3 is 15.5 Å². The molecule has 2 fully saturated rings. The fraction of sp³-hybridized carbons (Fsp3) is 0.632. The van der Waals surface area contributed by atoms with Crippen LogP contribution in [-0.4, -0.2) is 51.1 Å². The van der Waals surface area contributed by atoms with Crippen LogP contribution in [0.3, 0.4) is 0 Å². The Balaban J connectivity index is 1.49. The number of likely N-dealkylation sites (tertiary alicyclic amines) is 1. The molecule has 1 aromatic carbocycles. The Morgan fingerprint density at radius 1 is 1.38 bits per heavy atom. The summed E-state index contributed by atoms with van der Waals surface area (Å²) in [7, 11) is 4.06. The van der Waals surface area contributed by atoms with E-state index in [4.69, 9.17) is 11.6 Å². The lowest BCUT2D eigenvalue weighted by Gasteiger charge is -2.30. The number of rotatable bonds is 5. The van der Waals surface area contributed by atoms with Crippen LogP contribution in [-0.2, 0) is 5.41 Å². The highest BCUT2D eigenvalue weighted by atomic mass is 35.5. The minimum absolute atomic E-state index is 0.230. The van der Waals surface area contributed by atoms with Crippen molar-refractivity contribution in [2.75, 3.05) is 40.3 Å². The largest absolute Gasteiger partial charge is 0.356 e. The van der Waals surface area contributed by atoms with Crippen LogP contribution in [0.5, 0.6) is 0 Å². The molecule has 0 spiro atoms. The molecule has 0 aromatic heterocycles. The van der Waals surface area contributed by atoms with Gasteiger partial charge in [-0.1, -0.05) is 23.7 Å². The predicted octanol–water partition coefficient (Wildman–Crippen LogP) is 2.88. The molecule has 132 valence electrons. The highest BCUT2D eigenvalue weighted by molar-refractivity contribution is 6.30. The molecule has 5 heteroatoms. The summed E-state index contributed by atoms with van der Waals surface area (Å²) in [5.74, 6) is 1.63. The van der Waals surface area contributed by atoms with Crippen LogP contribution in [0.4, 0.5) is 0 Å². The quantitative estimate of drug-likeness (QED) is 0.635. The molecule has 1 atom stereocenters. The molecular formula is C19H29ClN4. The molecule has 0 bridgehead atoms. The Labute approximate surface area is 150 Å². The van der Waals surface area contributed by atoms with Crippen molar-refractivity contribution in [1.82, 2.24) is 15.5 Å². The molecule has 24 heavy (non-hydrogen) atoms. The van der Waals surface area contributed by atoms with Gasteiger partial charge in [-0.3, -0.25) is 4.99 Å². The van der Waals surface area contributed by atoms with E-state index < -0.39 is 0 Å². The second-order valence-corrected chi connectivity index (χ2v) is 7.80. The molecule has 1 aliphatic carbocycles. The Morgan fingerprint density at radius 2 is 2.21 bits per heavy atom. The van der Waals surface area contributed by atoms with Gasteiger partial charge in [-0.15, -0.1) is 0 Å². The molecule has 3 rings (SSSR count). The van der Waals surface area contributed by atoms with Gasteiger partial charge >= 0.3 is 0 Å². The molecule has 2 aliphatic rings. The molecule has 1 aromatic rings. The summed E-state index contributed by atoms with van der Waals surface area (Å²) >= 11 is 6.16. The third kappa shape index (κ3) is 4.42. The molecule has 1 heterocycles. The lowest BCUT2D eigenvalue weighted by Crippen LogP contribution is -2.45. The number of hydrogen-bond donors (Lipinski definition) is 2. The van der Waals surface area contributed by atoms with Gasteiger partial charge in [-0.2, -0.15) is 0 Å². The van der Waals surface area contributed by atoms with E-state index in [9.17, 15) is 0 Å². The van der Waals surface area contributed by atoms with Crippen molar-refractivity contribution in [2.24, 2.45) is 10.9 Å². The zero-order valence-corrected chi connectivity index (χ0v) is 15.6. The van der Waals surface area contributed by atoms with Gasteiger partial charge in [0.1, 0.15) is 0 Å². The van der Waals surface area contributed by atoms with Crippen LogP contribution in [0, 0.1) is 5.92 Å². The zero-order valence-electron chi connectivity index (χ0n) is 14.8. The van der Waals surface area contributed by atoms with E-state index in [-0.39, 0.29) is 5.41 Å². The fourth-order valence-corrected chi connectivity index (χ4v) is 3.88. The maximum absolute atomic E-state index is 6.16. The van der Waals surface area contributed by atoms with Crippen LogP contribution in [0.1, 0.15) is 31.2 Å². The third-order valence-corrected chi connectivity index (χ3v) is 5.62. The summed E-state index contributed by atoms with van der Waals surface area (Å²) < 4.78 is 0. The van der Waals surface area contributed by atoms with Gasteiger partial charge in [0.15, 0.2) is 5.96 Å². The number of nitrogens with zero attached hydrogens (tertiary/aromatic N) is 2. The molecule has 0 radical (unpaired) electrons. The van der Waals surface area contributed by atoms with Crippen molar-refractivity contribution >= 4 is 17.6 Å². The van der Waals surface area contributed by atoms with Crippen molar-refractivity contribution in [3.05, 3.63) is 34.9 Å². The highest BCUT2D eigenvalue weighted by Gasteiger charge is 2.44. The van der Waals surface area contributed by atoms with Gasteiger partial charge in [0.25, 0.3) is 0 Å². The zero-order chi connectivity index (χ0) is 17.0. The molecule has 0 amide bonds. The summed E-state index contributed by atoms with van der Waals surface area (Å²) in [6.07, 6.45) is 5.03. The average molecular weight is 349 g/mol. The maximum atomic E-state index is 6.16. The molecule has 1 aliphatic heterocycles. The standard InChI is InChI=1S/C19H29ClN4/c1-21-18(22-12-15-5-4-10-24(2)13-15)23-14-19(8-9-19)16-6-3-7-17(20)11-16/h3,6-7,11,15H,4-5,8-10,12-14H2,1-2H3,(H2,21,22,23). The summed E-state index contributed by atoms with van der Waals surface area (Å²) in [4.78, 5) is 6.81. The first-order chi connectivity index (χ1) is 11.6. The second kappa shape index (κ2) is 7.75. The van der Waals surface area contributed by atoms with Gasteiger partial charge in [0, 0.05) is 37.1 Å². The minimum atomic E-state index is 0.230. The van der Waals surface area contributed by atoms with Crippen molar-refractivity contribution in [1.29, 1.82) is 0 Å². The van der Waals surface area contributed by atoms with Crippen LogP contribution in [0.25, 0.3) is 0 Å². The number of piperidine rings is 1. The molecule has 2 N–H and O–H groups in total. The Hall–Kier alpha value is -1.26. The number of aliphatic imine (C=N–C) groups is 1. The lowest BCUT2D eigenvalue weighted by atomic mass is 9.96. The minimum Gasteiger partial charge on any atom is -0.356 e. The van der Waals surface area contributed by atoms with Crippen molar-refractivity contribution in [3.63, 3.8) is 0 Å². The first-order valence-electron chi connectivity index (χ1n) is 9.00. The van der Waals surface area contributed by atoms with Crippen LogP contribution in [0.15, 0.2) is 29.3 Å². The van der Waals surface area contributed by atoms with Gasteiger partial charge in [0.2, 0.25) is 0 Å². The topological polar surface area (TPSA) is 39.7 Å². The van der Waals surface area contributed by atoms with E-state index in [1.54, 1.807) is 0 Å².